The Morgan fingerprint density at radius 1 is 1.43 bits per heavy atom. The topological polar surface area (TPSA) is 102 Å². The van der Waals surface area contributed by atoms with Crippen LogP contribution in [0.5, 0.6) is 0 Å². The van der Waals surface area contributed by atoms with Gasteiger partial charge in [-0.3, -0.25) is 9.59 Å². The summed E-state index contributed by atoms with van der Waals surface area (Å²) in [4.78, 5) is 24.8. The molecule has 0 fully saturated rings. The summed E-state index contributed by atoms with van der Waals surface area (Å²) in [7, 11) is 0. The second-order valence-electron chi connectivity index (χ2n) is 7.39. The van der Waals surface area contributed by atoms with Gasteiger partial charge in [0, 0.05) is 12.1 Å². The number of hydrogen-bond donors (Lipinski definition) is 1. The van der Waals surface area contributed by atoms with Gasteiger partial charge in [0.1, 0.15) is 11.9 Å². The Kier molecular flexibility index (Phi) is 4.24. The fraction of sp³-hybridized carbons (Fsp3) is 0.333. The summed E-state index contributed by atoms with van der Waals surface area (Å²) < 4.78 is 14.8. The number of hydrogen-bond acceptors (Lipinski definition) is 5. The first-order chi connectivity index (χ1) is 13.4. The Bertz CT molecular complexity index is 1050. The molecule has 2 aliphatic rings. The van der Waals surface area contributed by atoms with Gasteiger partial charge in [-0.15, -0.1) is 0 Å². The Balaban J connectivity index is 2.04. The number of nitrogens with zero attached hydrogens (tertiary/aromatic N) is 3. The first-order valence-corrected chi connectivity index (χ1v) is 9.18. The first kappa shape index (κ1) is 18.3. The van der Waals surface area contributed by atoms with Crippen molar-refractivity contribution in [2.24, 2.45) is 17.6 Å². The van der Waals surface area contributed by atoms with Crippen molar-refractivity contribution < 1.29 is 14.0 Å². The highest BCUT2D eigenvalue weighted by Crippen LogP contribution is 2.53. The summed E-state index contributed by atoms with van der Waals surface area (Å²) in [5, 5.41) is 14.1. The molecule has 2 aliphatic carbocycles. The Morgan fingerprint density at radius 3 is 2.79 bits per heavy atom. The second kappa shape index (κ2) is 6.50. The van der Waals surface area contributed by atoms with E-state index in [1.165, 1.54) is 16.8 Å². The number of nitriles is 1. The van der Waals surface area contributed by atoms with Crippen molar-refractivity contribution in [3.05, 3.63) is 64.7 Å². The molecule has 1 aromatic carbocycles. The van der Waals surface area contributed by atoms with Gasteiger partial charge in [-0.25, -0.2) is 9.07 Å². The lowest BCUT2D eigenvalue weighted by atomic mass is 9.54. The summed E-state index contributed by atoms with van der Waals surface area (Å²) in [6.45, 7) is 1.64. The highest BCUT2D eigenvalue weighted by atomic mass is 19.1. The number of aryl methyl sites for hydroxylation is 1. The number of allylic oxidation sites excluding steroid dienone is 2. The van der Waals surface area contributed by atoms with E-state index >= 15 is 0 Å². The third-order valence-electron chi connectivity index (χ3n) is 6.02. The van der Waals surface area contributed by atoms with Gasteiger partial charge < -0.3 is 5.73 Å². The van der Waals surface area contributed by atoms with Crippen LogP contribution in [-0.4, -0.2) is 28.0 Å². The molecule has 7 heteroatoms. The molecule has 0 saturated heterocycles. The molecule has 28 heavy (non-hydrogen) atoms. The van der Waals surface area contributed by atoms with Crippen LogP contribution >= 0.6 is 0 Å². The zero-order valence-corrected chi connectivity index (χ0v) is 15.4. The predicted molar refractivity (Wildman–Crippen MR) is 98.8 cm³/mol. The van der Waals surface area contributed by atoms with Gasteiger partial charge in [0.15, 0.2) is 5.78 Å². The van der Waals surface area contributed by atoms with Crippen LogP contribution in [0.3, 0.4) is 0 Å². The van der Waals surface area contributed by atoms with Crippen LogP contribution < -0.4 is 5.73 Å². The molecule has 142 valence electrons. The number of Topliss-reactive ketones (excluding diaryl/α,β-unsaturated/α-hetero) is 1. The minimum absolute atomic E-state index is 0.0700. The predicted octanol–water partition coefficient (Wildman–Crippen LogP) is 2.14. The third kappa shape index (κ3) is 2.45. The van der Waals surface area contributed by atoms with E-state index in [9.17, 15) is 19.2 Å². The van der Waals surface area contributed by atoms with Gasteiger partial charge in [-0.1, -0.05) is 19.1 Å². The molecule has 2 N–H and O–H groups in total. The quantitative estimate of drug-likeness (QED) is 0.863. The fourth-order valence-electron chi connectivity index (χ4n) is 4.67. The lowest BCUT2D eigenvalue weighted by Crippen LogP contribution is -2.48. The van der Waals surface area contributed by atoms with Crippen LogP contribution in [0.1, 0.15) is 35.0 Å². The Morgan fingerprint density at radius 2 is 2.14 bits per heavy atom. The molecular weight excluding hydrogens is 359 g/mol. The summed E-state index contributed by atoms with van der Waals surface area (Å²) in [5.41, 5.74) is 6.93. The van der Waals surface area contributed by atoms with E-state index in [0.717, 1.165) is 11.1 Å². The van der Waals surface area contributed by atoms with E-state index in [0.29, 0.717) is 18.5 Å². The molecular formula is C21H19FN4O2. The average molecular weight is 378 g/mol. The van der Waals surface area contributed by atoms with Gasteiger partial charge in [0.25, 0.3) is 5.91 Å². The molecule has 0 saturated carbocycles. The molecule has 2 aromatic rings. The largest absolute Gasteiger partial charge is 0.322 e. The summed E-state index contributed by atoms with van der Waals surface area (Å²) in [6, 6.07) is 8.05. The number of carbonyl (C=O) groups excluding carboxylic acids is 2. The van der Waals surface area contributed by atoms with Gasteiger partial charge in [-0.2, -0.15) is 10.4 Å². The monoisotopic (exact) mass is 378 g/mol. The first-order valence-electron chi connectivity index (χ1n) is 9.18. The van der Waals surface area contributed by atoms with Gasteiger partial charge >= 0.3 is 0 Å². The molecule has 6 nitrogen and oxygen atoms in total. The Hall–Kier alpha value is -3.11. The number of rotatable bonds is 2. The van der Waals surface area contributed by atoms with E-state index in [-0.39, 0.29) is 35.5 Å². The van der Waals surface area contributed by atoms with Crippen molar-refractivity contribution in [2.45, 2.75) is 25.2 Å². The SMILES string of the molecule is C[C@@H]1C(=O)C(C#N)=C[C@]2(c3ccc(F)cc3)c3nn(C(=O)CN)cc3CC[C@@H]12. The number of halogens is 1. The highest BCUT2D eigenvalue weighted by Gasteiger charge is 2.53. The maximum atomic E-state index is 13.6. The molecule has 0 radical (unpaired) electrons. The van der Waals surface area contributed by atoms with Crippen LogP contribution in [0.4, 0.5) is 4.39 Å². The van der Waals surface area contributed by atoms with Crippen molar-refractivity contribution in [2.75, 3.05) is 6.54 Å². The lowest BCUT2D eigenvalue weighted by Gasteiger charge is -2.46. The van der Waals surface area contributed by atoms with Crippen molar-refractivity contribution >= 4 is 11.7 Å². The van der Waals surface area contributed by atoms with Crippen molar-refractivity contribution in [1.82, 2.24) is 9.78 Å². The van der Waals surface area contributed by atoms with Gasteiger partial charge in [0.2, 0.25) is 0 Å². The lowest BCUT2D eigenvalue weighted by molar-refractivity contribution is -0.121. The summed E-state index contributed by atoms with van der Waals surface area (Å²) in [6.07, 6.45) is 4.69. The normalized spacial score (nSPS) is 26.1. The number of aromatic nitrogens is 2. The minimum Gasteiger partial charge on any atom is -0.322 e. The van der Waals surface area contributed by atoms with E-state index in [2.05, 4.69) is 5.10 Å². The van der Waals surface area contributed by atoms with E-state index in [1.54, 1.807) is 24.4 Å². The highest BCUT2D eigenvalue weighted by molar-refractivity contribution is 6.02. The molecule has 4 rings (SSSR count). The summed E-state index contributed by atoms with van der Waals surface area (Å²) in [5.74, 6) is -1.45. The molecule has 0 amide bonds. The number of carbonyl (C=O) groups is 2. The molecule has 1 aromatic heterocycles. The number of ketones is 1. The van der Waals surface area contributed by atoms with Crippen LogP contribution in [0.15, 0.2) is 42.1 Å². The van der Waals surface area contributed by atoms with E-state index in [4.69, 9.17) is 5.73 Å². The molecule has 0 spiro atoms. The third-order valence-corrected chi connectivity index (χ3v) is 6.02. The van der Waals surface area contributed by atoms with Gasteiger partial charge in [-0.05, 0) is 48.1 Å². The van der Waals surface area contributed by atoms with E-state index in [1.807, 2.05) is 13.0 Å². The maximum Gasteiger partial charge on any atom is 0.260 e. The van der Waals surface area contributed by atoms with E-state index < -0.39 is 11.3 Å². The number of benzene rings is 1. The standard InChI is InChI=1S/C21H19FN4O2/c1-12-17-7-2-13-11-26(18(27)10-24)25-20(13)21(17,8-14(9-23)19(12)28)15-3-5-16(22)6-4-15/h3-6,8,11-12,17H,2,7,10,24H2,1H3/t12-,17-,21+/m0/s1. The van der Waals surface area contributed by atoms with Crippen molar-refractivity contribution in [3.8, 4) is 6.07 Å². The maximum absolute atomic E-state index is 13.6. The number of fused-ring (bicyclic) bond motifs is 3. The molecule has 1 heterocycles. The second-order valence-corrected chi connectivity index (χ2v) is 7.39. The van der Waals surface area contributed by atoms with Crippen molar-refractivity contribution in [3.63, 3.8) is 0 Å². The van der Waals surface area contributed by atoms with Crippen LogP contribution in [-0.2, 0) is 16.6 Å². The number of nitrogens with two attached hydrogens (primary N) is 1. The molecule has 0 unspecified atom stereocenters. The van der Waals surface area contributed by atoms with Crippen LogP contribution in [0.2, 0.25) is 0 Å². The van der Waals surface area contributed by atoms with Crippen molar-refractivity contribution in [1.29, 1.82) is 5.26 Å². The van der Waals surface area contributed by atoms with Crippen LogP contribution in [0.25, 0.3) is 0 Å². The zero-order valence-electron chi connectivity index (χ0n) is 15.4. The fourth-order valence-corrected chi connectivity index (χ4v) is 4.67. The smallest absolute Gasteiger partial charge is 0.260 e. The Labute approximate surface area is 161 Å². The van der Waals surface area contributed by atoms with Crippen LogP contribution in [0, 0.1) is 29.0 Å². The van der Waals surface area contributed by atoms with Gasteiger partial charge in [0.05, 0.1) is 23.2 Å². The average Bonchev–Trinajstić information content (AvgIpc) is 3.15. The minimum atomic E-state index is -0.875. The molecule has 3 atom stereocenters. The molecule has 0 aliphatic heterocycles. The zero-order chi connectivity index (χ0) is 20.1. The molecule has 0 bridgehead atoms. The summed E-state index contributed by atoms with van der Waals surface area (Å²) >= 11 is 0.